The molecule has 0 aliphatic heterocycles. The van der Waals surface area contributed by atoms with Gasteiger partial charge in [-0.2, -0.15) is 5.10 Å². The maximum atomic E-state index is 12.2. The standard InChI is InChI=1S/C10H12N4O4S2/c1-6-4-19-8(10(15)16)9(6)20(17,18)13-3-2-7-11-5-12-14-7/h4-5,13H,2-3H2,1H3,(H,15,16)(H,11,12,14). The number of aryl methyl sites for hydroxylation is 1. The van der Waals surface area contributed by atoms with Crippen LogP contribution in [0, 0.1) is 6.92 Å². The molecule has 2 rings (SSSR count). The van der Waals surface area contributed by atoms with Crippen molar-refractivity contribution in [3.8, 4) is 0 Å². The summed E-state index contributed by atoms with van der Waals surface area (Å²) in [5.74, 6) is -0.702. The van der Waals surface area contributed by atoms with Crippen LogP contribution in [0.2, 0.25) is 0 Å². The average molecular weight is 316 g/mol. The maximum Gasteiger partial charge on any atom is 0.347 e. The number of H-pyrrole nitrogens is 1. The normalized spacial score (nSPS) is 11.7. The highest BCUT2D eigenvalue weighted by Gasteiger charge is 2.26. The first-order chi connectivity index (χ1) is 9.42. The number of nitrogens with zero attached hydrogens (tertiary/aromatic N) is 2. The highest BCUT2D eigenvalue weighted by atomic mass is 32.2. The van der Waals surface area contributed by atoms with Crippen LogP contribution in [0.5, 0.6) is 0 Å². The van der Waals surface area contributed by atoms with E-state index in [-0.39, 0.29) is 16.3 Å². The molecule has 0 aromatic carbocycles. The molecular weight excluding hydrogens is 304 g/mol. The second-order valence-electron chi connectivity index (χ2n) is 3.96. The summed E-state index contributed by atoms with van der Waals surface area (Å²) in [5, 5.41) is 16.8. The molecule has 0 atom stereocenters. The van der Waals surface area contributed by atoms with E-state index < -0.39 is 16.0 Å². The summed E-state index contributed by atoms with van der Waals surface area (Å²) in [4.78, 5) is 14.5. The number of aromatic nitrogens is 3. The van der Waals surface area contributed by atoms with Crippen molar-refractivity contribution in [1.29, 1.82) is 0 Å². The first-order valence-electron chi connectivity index (χ1n) is 5.57. The second kappa shape index (κ2) is 5.69. The van der Waals surface area contributed by atoms with Gasteiger partial charge in [-0.05, 0) is 17.9 Å². The zero-order valence-corrected chi connectivity index (χ0v) is 12.1. The Labute approximate surface area is 118 Å². The van der Waals surface area contributed by atoms with Crippen LogP contribution in [0.1, 0.15) is 21.1 Å². The van der Waals surface area contributed by atoms with Crippen molar-refractivity contribution in [3.63, 3.8) is 0 Å². The molecule has 8 nitrogen and oxygen atoms in total. The molecule has 0 radical (unpaired) electrons. The Hall–Kier alpha value is -1.78. The Balaban J connectivity index is 2.14. The first kappa shape index (κ1) is 14.6. The van der Waals surface area contributed by atoms with Crippen LogP contribution >= 0.6 is 11.3 Å². The van der Waals surface area contributed by atoms with Gasteiger partial charge in [0.05, 0.1) is 0 Å². The van der Waals surface area contributed by atoms with E-state index in [1.165, 1.54) is 11.7 Å². The first-order valence-corrected chi connectivity index (χ1v) is 7.93. The highest BCUT2D eigenvalue weighted by molar-refractivity contribution is 7.89. The second-order valence-corrected chi connectivity index (χ2v) is 6.55. The zero-order chi connectivity index (χ0) is 14.8. The summed E-state index contributed by atoms with van der Waals surface area (Å²) in [6.07, 6.45) is 1.67. The van der Waals surface area contributed by atoms with Crippen molar-refractivity contribution in [2.24, 2.45) is 0 Å². The Bertz CT molecular complexity index is 706. The Morgan fingerprint density at radius 1 is 1.55 bits per heavy atom. The van der Waals surface area contributed by atoms with Crippen molar-refractivity contribution in [3.05, 3.63) is 28.0 Å². The van der Waals surface area contributed by atoms with Gasteiger partial charge in [-0.15, -0.1) is 11.3 Å². The predicted octanol–water partition coefficient (Wildman–Crippen LogP) is 0.394. The summed E-state index contributed by atoms with van der Waals surface area (Å²) < 4.78 is 26.7. The number of carboxylic acid groups (broad SMARTS) is 1. The van der Waals surface area contributed by atoms with E-state index in [1.54, 1.807) is 6.92 Å². The van der Waals surface area contributed by atoms with E-state index in [2.05, 4.69) is 19.9 Å². The Morgan fingerprint density at radius 2 is 2.30 bits per heavy atom. The molecule has 0 spiro atoms. The largest absolute Gasteiger partial charge is 0.477 e. The van der Waals surface area contributed by atoms with Crippen LogP contribution in [0.25, 0.3) is 0 Å². The van der Waals surface area contributed by atoms with Gasteiger partial charge in [0.1, 0.15) is 21.9 Å². The highest BCUT2D eigenvalue weighted by Crippen LogP contribution is 2.26. The zero-order valence-electron chi connectivity index (χ0n) is 10.5. The lowest BCUT2D eigenvalue weighted by Crippen LogP contribution is -2.27. The minimum absolute atomic E-state index is 0.103. The summed E-state index contributed by atoms with van der Waals surface area (Å²) in [6, 6.07) is 0. The predicted molar refractivity (Wildman–Crippen MR) is 71.3 cm³/mol. The molecular formula is C10H12N4O4S2. The van der Waals surface area contributed by atoms with Crippen molar-refractivity contribution in [2.75, 3.05) is 6.54 Å². The van der Waals surface area contributed by atoms with E-state index >= 15 is 0 Å². The molecule has 0 unspecified atom stereocenters. The van der Waals surface area contributed by atoms with E-state index in [0.29, 0.717) is 17.8 Å². The molecule has 0 fully saturated rings. The third-order valence-electron chi connectivity index (χ3n) is 2.50. The van der Waals surface area contributed by atoms with Crippen molar-refractivity contribution in [1.82, 2.24) is 19.9 Å². The van der Waals surface area contributed by atoms with Gasteiger partial charge in [0.15, 0.2) is 0 Å². The number of aromatic carboxylic acids is 1. The molecule has 2 heterocycles. The molecule has 3 N–H and O–H groups in total. The molecule has 108 valence electrons. The van der Waals surface area contributed by atoms with Crippen LogP contribution in [-0.2, 0) is 16.4 Å². The average Bonchev–Trinajstić information content (AvgIpc) is 2.98. The van der Waals surface area contributed by atoms with Crippen LogP contribution in [-0.4, -0.2) is 41.2 Å². The summed E-state index contributed by atoms with van der Waals surface area (Å²) >= 11 is 0.895. The molecule has 0 saturated carbocycles. The number of aromatic amines is 1. The number of carboxylic acids is 1. The minimum atomic E-state index is -3.86. The molecule has 0 aliphatic carbocycles. The van der Waals surface area contributed by atoms with Gasteiger partial charge in [0.25, 0.3) is 0 Å². The van der Waals surface area contributed by atoms with Gasteiger partial charge in [0, 0.05) is 13.0 Å². The number of carbonyl (C=O) groups is 1. The van der Waals surface area contributed by atoms with E-state index in [9.17, 15) is 13.2 Å². The fourth-order valence-corrected chi connectivity index (χ4v) is 4.30. The number of hydrogen-bond acceptors (Lipinski definition) is 6. The lowest BCUT2D eigenvalue weighted by Gasteiger charge is -2.06. The Morgan fingerprint density at radius 3 is 2.90 bits per heavy atom. The van der Waals surface area contributed by atoms with Crippen molar-refractivity contribution in [2.45, 2.75) is 18.2 Å². The monoisotopic (exact) mass is 316 g/mol. The fourth-order valence-electron chi connectivity index (χ4n) is 1.64. The third-order valence-corrected chi connectivity index (χ3v) is 5.36. The van der Waals surface area contributed by atoms with E-state index in [0.717, 1.165) is 11.3 Å². The van der Waals surface area contributed by atoms with Crippen LogP contribution in [0.4, 0.5) is 0 Å². The van der Waals surface area contributed by atoms with Gasteiger partial charge >= 0.3 is 5.97 Å². The van der Waals surface area contributed by atoms with Gasteiger partial charge in [-0.1, -0.05) is 0 Å². The van der Waals surface area contributed by atoms with E-state index in [1.807, 2.05) is 0 Å². The molecule has 2 aromatic heterocycles. The van der Waals surface area contributed by atoms with E-state index in [4.69, 9.17) is 5.11 Å². The molecule has 2 aromatic rings. The number of hydrogen-bond donors (Lipinski definition) is 3. The van der Waals surface area contributed by atoms with Crippen LogP contribution in [0.15, 0.2) is 16.6 Å². The lowest BCUT2D eigenvalue weighted by molar-refractivity contribution is 0.0698. The fraction of sp³-hybridized carbons (Fsp3) is 0.300. The van der Waals surface area contributed by atoms with Gasteiger partial charge in [-0.25, -0.2) is 22.9 Å². The summed E-state index contributed by atoms with van der Waals surface area (Å²) in [7, 11) is -3.86. The van der Waals surface area contributed by atoms with Gasteiger partial charge in [-0.3, -0.25) is 5.10 Å². The summed E-state index contributed by atoms with van der Waals surface area (Å²) in [5.41, 5.74) is 0.416. The molecule has 0 saturated heterocycles. The maximum absolute atomic E-state index is 12.2. The topological polar surface area (TPSA) is 125 Å². The third kappa shape index (κ3) is 3.03. The summed E-state index contributed by atoms with van der Waals surface area (Å²) in [6.45, 7) is 1.67. The van der Waals surface area contributed by atoms with Crippen molar-refractivity contribution >= 4 is 27.3 Å². The smallest absolute Gasteiger partial charge is 0.347 e. The van der Waals surface area contributed by atoms with Crippen LogP contribution in [0.3, 0.4) is 0 Å². The quantitative estimate of drug-likeness (QED) is 0.708. The van der Waals surface area contributed by atoms with Crippen molar-refractivity contribution < 1.29 is 18.3 Å². The molecule has 0 bridgehead atoms. The number of thiophene rings is 1. The number of nitrogens with one attached hydrogen (secondary N) is 2. The number of rotatable bonds is 6. The SMILES string of the molecule is Cc1csc(C(=O)O)c1S(=O)(=O)NCCc1ncn[nH]1. The lowest BCUT2D eigenvalue weighted by atomic mass is 10.3. The minimum Gasteiger partial charge on any atom is -0.477 e. The molecule has 0 aliphatic rings. The molecule has 10 heteroatoms. The number of sulfonamides is 1. The molecule has 0 amide bonds. The van der Waals surface area contributed by atoms with Gasteiger partial charge < -0.3 is 5.11 Å². The van der Waals surface area contributed by atoms with Gasteiger partial charge in [0.2, 0.25) is 10.0 Å². The molecule has 20 heavy (non-hydrogen) atoms. The van der Waals surface area contributed by atoms with Crippen LogP contribution < -0.4 is 4.72 Å². The Kier molecular flexibility index (Phi) is 4.16.